The van der Waals surface area contributed by atoms with Gasteiger partial charge in [0.2, 0.25) is 0 Å². The number of carbonyl (C=O) groups excluding carboxylic acids is 1. The summed E-state index contributed by atoms with van der Waals surface area (Å²) in [4.78, 5) is 15.9. The molecule has 19 heavy (non-hydrogen) atoms. The summed E-state index contributed by atoms with van der Waals surface area (Å²) in [6, 6.07) is 6.29. The zero-order valence-electron chi connectivity index (χ0n) is 9.41. The van der Waals surface area contributed by atoms with Crippen LogP contribution in [0.2, 0.25) is 0 Å². The summed E-state index contributed by atoms with van der Waals surface area (Å²) in [5.41, 5.74) is -1.18. The second-order valence-electron chi connectivity index (χ2n) is 3.73. The molecular formula is C13H7BrF3NO. The Morgan fingerprint density at radius 3 is 2.32 bits per heavy atom. The fourth-order valence-electron chi connectivity index (χ4n) is 1.64. The van der Waals surface area contributed by atoms with Crippen LogP contribution in [0.15, 0.2) is 47.2 Å². The van der Waals surface area contributed by atoms with Gasteiger partial charge in [0.25, 0.3) is 0 Å². The Morgan fingerprint density at radius 1 is 1.11 bits per heavy atom. The molecule has 0 saturated carbocycles. The molecular weight excluding hydrogens is 323 g/mol. The standard InChI is InChI=1S/C13H7BrF3NO/c14-10-3-1-2-9(13(15,16)17)11(10)12(19)8-4-6-18-7-5-8/h1-7H. The summed E-state index contributed by atoms with van der Waals surface area (Å²) in [5.74, 6) is -0.692. The third-order valence-corrected chi connectivity index (χ3v) is 3.15. The van der Waals surface area contributed by atoms with Crippen molar-refractivity contribution in [3.05, 3.63) is 63.9 Å². The maximum absolute atomic E-state index is 12.9. The Labute approximate surface area is 115 Å². The first-order chi connectivity index (χ1) is 8.91. The Balaban J connectivity index is 2.60. The first-order valence-corrected chi connectivity index (χ1v) is 6.01. The van der Waals surface area contributed by atoms with Gasteiger partial charge in [-0.3, -0.25) is 9.78 Å². The van der Waals surface area contributed by atoms with Gasteiger partial charge in [-0.25, -0.2) is 0 Å². The average molecular weight is 330 g/mol. The molecule has 0 saturated heterocycles. The van der Waals surface area contributed by atoms with Crippen LogP contribution in [0.4, 0.5) is 13.2 Å². The van der Waals surface area contributed by atoms with Crippen LogP contribution in [0, 0.1) is 0 Å². The van der Waals surface area contributed by atoms with Crippen LogP contribution in [0.1, 0.15) is 21.5 Å². The molecule has 2 nitrogen and oxygen atoms in total. The third-order valence-electron chi connectivity index (χ3n) is 2.49. The molecule has 0 unspecified atom stereocenters. The topological polar surface area (TPSA) is 30.0 Å². The van der Waals surface area contributed by atoms with E-state index in [0.717, 1.165) is 6.07 Å². The molecule has 0 spiro atoms. The number of ketones is 1. The molecule has 0 radical (unpaired) electrons. The quantitative estimate of drug-likeness (QED) is 0.776. The van der Waals surface area contributed by atoms with Crippen LogP contribution in [-0.2, 0) is 6.18 Å². The van der Waals surface area contributed by atoms with Crippen LogP contribution in [0.25, 0.3) is 0 Å². The van der Waals surface area contributed by atoms with Crippen molar-refractivity contribution in [3.8, 4) is 0 Å². The van der Waals surface area contributed by atoms with Gasteiger partial charge in [0.1, 0.15) is 0 Å². The summed E-state index contributed by atoms with van der Waals surface area (Å²) in [7, 11) is 0. The molecule has 0 aliphatic heterocycles. The zero-order valence-corrected chi connectivity index (χ0v) is 11.0. The van der Waals surface area contributed by atoms with E-state index in [4.69, 9.17) is 0 Å². The number of nitrogens with zero attached hydrogens (tertiary/aromatic N) is 1. The highest BCUT2D eigenvalue weighted by Crippen LogP contribution is 2.36. The number of carbonyl (C=O) groups is 1. The maximum atomic E-state index is 12.9. The second-order valence-corrected chi connectivity index (χ2v) is 4.58. The molecule has 0 aliphatic rings. The van der Waals surface area contributed by atoms with Gasteiger partial charge in [-0.2, -0.15) is 13.2 Å². The normalized spacial score (nSPS) is 11.4. The van der Waals surface area contributed by atoms with Crippen molar-refractivity contribution in [2.75, 3.05) is 0 Å². The van der Waals surface area contributed by atoms with Crippen LogP contribution in [0.3, 0.4) is 0 Å². The Morgan fingerprint density at radius 2 is 1.74 bits per heavy atom. The molecule has 0 aliphatic carbocycles. The van der Waals surface area contributed by atoms with E-state index >= 15 is 0 Å². The number of halogens is 4. The minimum atomic E-state index is -4.58. The molecule has 1 aromatic heterocycles. The van der Waals surface area contributed by atoms with Crippen molar-refractivity contribution >= 4 is 21.7 Å². The lowest BCUT2D eigenvalue weighted by molar-refractivity contribution is -0.137. The minimum Gasteiger partial charge on any atom is -0.289 e. The van der Waals surface area contributed by atoms with Gasteiger partial charge < -0.3 is 0 Å². The van der Waals surface area contributed by atoms with E-state index in [1.165, 1.54) is 36.7 Å². The van der Waals surface area contributed by atoms with Crippen LogP contribution < -0.4 is 0 Å². The predicted octanol–water partition coefficient (Wildman–Crippen LogP) is 4.09. The molecule has 6 heteroatoms. The molecule has 1 heterocycles. The zero-order chi connectivity index (χ0) is 14.0. The van der Waals surface area contributed by atoms with Crippen LogP contribution in [-0.4, -0.2) is 10.8 Å². The number of benzene rings is 1. The monoisotopic (exact) mass is 329 g/mol. The van der Waals surface area contributed by atoms with Crippen molar-refractivity contribution < 1.29 is 18.0 Å². The lowest BCUT2D eigenvalue weighted by Gasteiger charge is -2.13. The lowest BCUT2D eigenvalue weighted by atomic mass is 9.99. The van der Waals surface area contributed by atoms with E-state index in [0.29, 0.717) is 0 Å². The average Bonchev–Trinajstić information content (AvgIpc) is 2.37. The van der Waals surface area contributed by atoms with Gasteiger partial charge in [-0.1, -0.05) is 22.0 Å². The van der Waals surface area contributed by atoms with E-state index in [1.54, 1.807) is 0 Å². The molecule has 0 bridgehead atoms. The van der Waals surface area contributed by atoms with Crippen LogP contribution >= 0.6 is 15.9 Å². The smallest absolute Gasteiger partial charge is 0.289 e. The number of hydrogen-bond acceptors (Lipinski definition) is 2. The van der Waals surface area contributed by atoms with Gasteiger partial charge >= 0.3 is 6.18 Å². The summed E-state index contributed by atoms with van der Waals surface area (Å²) in [5, 5.41) is 0. The van der Waals surface area contributed by atoms with E-state index < -0.39 is 17.5 Å². The largest absolute Gasteiger partial charge is 0.417 e. The van der Waals surface area contributed by atoms with E-state index in [-0.39, 0.29) is 15.6 Å². The SMILES string of the molecule is O=C(c1ccncc1)c1c(Br)cccc1C(F)(F)F. The lowest BCUT2D eigenvalue weighted by Crippen LogP contribution is -2.14. The summed E-state index contributed by atoms with van der Waals surface area (Å²) >= 11 is 3.00. The summed E-state index contributed by atoms with van der Waals surface area (Å²) < 4.78 is 38.9. The Bertz CT molecular complexity index is 611. The predicted molar refractivity (Wildman–Crippen MR) is 66.8 cm³/mol. The molecule has 0 N–H and O–H groups in total. The van der Waals surface area contributed by atoms with Crippen molar-refractivity contribution in [1.82, 2.24) is 4.98 Å². The fraction of sp³-hybridized carbons (Fsp3) is 0.0769. The van der Waals surface area contributed by atoms with Gasteiger partial charge in [0.15, 0.2) is 5.78 Å². The number of alkyl halides is 3. The van der Waals surface area contributed by atoms with Gasteiger partial charge in [0.05, 0.1) is 5.56 Å². The number of aromatic nitrogens is 1. The van der Waals surface area contributed by atoms with Crippen LogP contribution in [0.5, 0.6) is 0 Å². The highest BCUT2D eigenvalue weighted by atomic mass is 79.9. The maximum Gasteiger partial charge on any atom is 0.417 e. The van der Waals surface area contributed by atoms with Gasteiger partial charge in [-0.15, -0.1) is 0 Å². The summed E-state index contributed by atoms with van der Waals surface area (Å²) in [6.45, 7) is 0. The third kappa shape index (κ3) is 2.84. The van der Waals surface area contributed by atoms with Crippen molar-refractivity contribution in [2.45, 2.75) is 6.18 Å². The first kappa shape index (κ1) is 13.7. The van der Waals surface area contributed by atoms with E-state index in [9.17, 15) is 18.0 Å². The molecule has 1 aromatic carbocycles. The Kier molecular flexibility index (Phi) is 3.71. The molecule has 2 aromatic rings. The molecule has 98 valence electrons. The summed E-state index contributed by atoms with van der Waals surface area (Å²) in [6.07, 6.45) is -1.86. The number of hydrogen-bond donors (Lipinski definition) is 0. The van der Waals surface area contributed by atoms with Crippen molar-refractivity contribution in [1.29, 1.82) is 0 Å². The van der Waals surface area contributed by atoms with E-state index in [1.807, 2.05) is 0 Å². The molecule has 2 rings (SSSR count). The van der Waals surface area contributed by atoms with E-state index in [2.05, 4.69) is 20.9 Å². The first-order valence-electron chi connectivity index (χ1n) is 5.21. The Hall–Kier alpha value is -1.69. The van der Waals surface area contributed by atoms with Crippen molar-refractivity contribution in [3.63, 3.8) is 0 Å². The number of rotatable bonds is 2. The fourth-order valence-corrected chi connectivity index (χ4v) is 2.19. The van der Waals surface area contributed by atoms with Crippen molar-refractivity contribution in [2.24, 2.45) is 0 Å². The van der Waals surface area contributed by atoms with Gasteiger partial charge in [-0.05, 0) is 24.3 Å². The number of pyridine rings is 1. The second kappa shape index (κ2) is 5.13. The van der Waals surface area contributed by atoms with Gasteiger partial charge in [0, 0.05) is 28.0 Å². The molecule has 0 atom stereocenters. The molecule has 0 amide bonds. The minimum absolute atomic E-state index is 0.115. The highest BCUT2D eigenvalue weighted by Gasteiger charge is 2.36. The molecule has 0 fully saturated rings. The highest BCUT2D eigenvalue weighted by molar-refractivity contribution is 9.10.